The standard InChI is InChI=1S/C13H24N4/c1-3-7-17-9-6-14-13(17)10-15-12-5-4-8-16(2)11-12/h6,9,12,15H,3-5,7-8,10-11H2,1-2H3. The molecule has 0 bridgehead atoms. The van der Waals surface area contributed by atoms with Gasteiger partial charge in [-0.3, -0.25) is 0 Å². The number of likely N-dealkylation sites (tertiary alicyclic amines) is 1. The molecule has 1 aromatic rings. The van der Waals surface area contributed by atoms with Crippen molar-refractivity contribution in [2.45, 2.75) is 45.3 Å². The van der Waals surface area contributed by atoms with Crippen LogP contribution in [0.2, 0.25) is 0 Å². The number of hydrogen-bond acceptors (Lipinski definition) is 3. The van der Waals surface area contributed by atoms with E-state index in [0.29, 0.717) is 6.04 Å². The number of nitrogens with one attached hydrogen (secondary N) is 1. The summed E-state index contributed by atoms with van der Waals surface area (Å²) in [4.78, 5) is 6.83. The van der Waals surface area contributed by atoms with Crippen molar-refractivity contribution < 1.29 is 0 Å². The van der Waals surface area contributed by atoms with Crippen molar-refractivity contribution in [3.05, 3.63) is 18.2 Å². The maximum Gasteiger partial charge on any atom is 0.122 e. The fourth-order valence-corrected chi connectivity index (χ4v) is 2.52. The number of aromatic nitrogens is 2. The minimum atomic E-state index is 0.625. The molecule has 0 saturated carbocycles. The van der Waals surface area contributed by atoms with Crippen LogP contribution < -0.4 is 5.32 Å². The monoisotopic (exact) mass is 236 g/mol. The van der Waals surface area contributed by atoms with E-state index < -0.39 is 0 Å². The van der Waals surface area contributed by atoms with E-state index in [1.165, 1.54) is 25.2 Å². The lowest BCUT2D eigenvalue weighted by atomic mass is 10.1. The zero-order valence-electron chi connectivity index (χ0n) is 11.0. The molecule has 1 saturated heterocycles. The van der Waals surface area contributed by atoms with Gasteiger partial charge in [-0.1, -0.05) is 6.92 Å². The van der Waals surface area contributed by atoms with Crippen LogP contribution in [0, 0.1) is 0 Å². The first kappa shape index (κ1) is 12.6. The Morgan fingerprint density at radius 3 is 3.18 bits per heavy atom. The van der Waals surface area contributed by atoms with E-state index in [4.69, 9.17) is 0 Å². The maximum atomic E-state index is 4.43. The van der Waals surface area contributed by atoms with Gasteiger partial charge in [0.15, 0.2) is 0 Å². The van der Waals surface area contributed by atoms with Gasteiger partial charge in [-0.25, -0.2) is 4.98 Å². The molecule has 0 amide bonds. The highest BCUT2D eigenvalue weighted by molar-refractivity contribution is 4.93. The van der Waals surface area contributed by atoms with Crippen molar-refractivity contribution in [1.29, 1.82) is 0 Å². The van der Waals surface area contributed by atoms with Crippen LogP contribution in [0.3, 0.4) is 0 Å². The lowest BCUT2D eigenvalue weighted by Gasteiger charge is -2.30. The number of piperidine rings is 1. The number of imidazole rings is 1. The summed E-state index contributed by atoms with van der Waals surface area (Å²) in [6.07, 6.45) is 7.74. The van der Waals surface area contributed by atoms with Crippen molar-refractivity contribution in [2.75, 3.05) is 20.1 Å². The van der Waals surface area contributed by atoms with Crippen molar-refractivity contribution in [2.24, 2.45) is 0 Å². The van der Waals surface area contributed by atoms with Gasteiger partial charge in [0.2, 0.25) is 0 Å². The minimum Gasteiger partial charge on any atom is -0.334 e. The molecular weight excluding hydrogens is 212 g/mol. The second-order valence-electron chi connectivity index (χ2n) is 5.02. The Bertz CT molecular complexity index is 334. The van der Waals surface area contributed by atoms with Crippen molar-refractivity contribution in [3.8, 4) is 0 Å². The number of aryl methyl sites for hydroxylation is 1. The molecule has 0 radical (unpaired) electrons. The maximum absolute atomic E-state index is 4.43. The van der Waals surface area contributed by atoms with E-state index >= 15 is 0 Å². The quantitative estimate of drug-likeness (QED) is 0.840. The Labute approximate surface area is 104 Å². The molecular formula is C13H24N4. The average Bonchev–Trinajstić information content (AvgIpc) is 2.75. The molecule has 1 aliphatic rings. The summed E-state index contributed by atoms with van der Waals surface area (Å²) in [5.41, 5.74) is 0. The van der Waals surface area contributed by atoms with Crippen molar-refractivity contribution in [1.82, 2.24) is 19.8 Å². The molecule has 2 heterocycles. The fraction of sp³-hybridized carbons (Fsp3) is 0.769. The van der Waals surface area contributed by atoms with Crippen LogP contribution in [0.5, 0.6) is 0 Å². The highest BCUT2D eigenvalue weighted by Gasteiger charge is 2.16. The van der Waals surface area contributed by atoms with Crippen LogP contribution in [0.1, 0.15) is 32.0 Å². The van der Waals surface area contributed by atoms with Crippen LogP contribution in [-0.4, -0.2) is 40.6 Å². The first-order chi connectivity index (χ1) is 8.29. The summed E-state index contributed by atoms with van der Waals surface area (Å²) in [5, 5.41) is 3.63. The predicted molar refractivity (Wildman–Crippen MR) is 69.9 cm³/mol. The fourth-order valence-electron chi connectivity index (χ4n) is 2.52. The Balaban J connectivity index is 1.82. The van der Waals surface area contributed by atoms with E-state index in [0.717, 1.165) is 26.1 Å². The van der Waals surface area contributed by atoms with E-state index in [1.807, 2.05) is 6.20 Å². The van der Waals surface area contributed by atoms with Gasteiger partial charge in [-0.2, -0.15) is 0 Å². The lowest BCUT2D eigenvalue weighted by molar-refractivity contribution is 0.225. The molecule has 1 aliphatic heterocycles. The summed E-state index contributed by atoms with van der Waals surface area (Å²) >= 11 is 0. The Morgan fingerprint density at radius 2 is 2.41 bits per heavy atom. The van der Waals surface area contributed by atoms with Gasteiger partial charge in [0.25, 0.3) is 0 Å². The van der Waals surface area contributed by atoms with E-state index in [-0.39, 0.29) is 0 Å². The number of rotatable bonds is 5. The molecule has 1 aromatic heterocycles. The molecule has 4 nitrogen and oxygen atoms in total. The lowest BCUT2D eigenvalue weighted by Crippen LogP contribution is -2.43. The van der Waals surface area contributed by atoms with Crippen molar-refractivity contribution in [3.63, 3.8) is 0 Å². The molecule has 1 unspecified atom stereocenters. The average molecular weight is 236 g/mol. The summed E-state index contributed by atoms with van der Waals surface area (Å²) in [6.45, 7) is 6.57. The molecule has 2 rings (SSSR count). The number of likely N-dealkylation sites (N-methyl/N-ethyl adjacent to an activating group) is 1. The largest absolute Gasteiger partial charge is 0.334 e. The summed E-state index contributed by atoms with van der Waals surface area (Å²) in [7, 11) is 2.20. The third-order valence-corrected chi connectivity index (χ3v) is 3.44. The summed E-state index contributed by atoms with van der Waals surface area (Å²) in [5.74, 6) is 1.17. The number of hydrogen-bond donors (Lipinski definition) is 1. The zero-order chi connectivity index (χ0) is 12.1. The second-order valence-corrected chi connectivity index (χ2v) is 5.02. The van der Waals surface area contributed by atoms with Gasteiger partial charge < -0.3 is 14.8 Å². The number of nitrogens with zero attached hydrogens (tertiary/aromatic N) is 3. The van der Waals surface area contributed by atoms with E-state index in [2.05, 4.69) is 39.9 Å². The van der Waals surface area contributed by atoms with Crippen LogP contribution in [0.4, 0.5) is 0 Å². The summed E-state index contributed by atoms with van der Waals surface area (Å²) < 4.78 is 2.25. The predicted octanol–water partition coefficient (Wildman–Crippen LogP) is 1.48. The zero-order valence-corrected chi connectivity index (χ0v) is 11.0. The molecule has 0 aromatic carbocycles. The molecule has 17 heavy (non-hydrogen) atoms. The molecule has 0 aliphatic carbocycles. The molecule has 1 N–H and O–H groups in total. The van der Waals surface area contributed by atoms with Crippen LogP contribution >= 0.6 is 0 Å². The Hall–Kier alpha value is -0.870. The first-order valence-electron chi connectivity index (χ1n) is 6.71. The van der Waals surface area contributed by atoms with Crippen LogP contribution in [0.25, 0.3) is 0 Å². The topological polar surface area (TPSA) is 33.1 Å². The smallest absolute Gasteiger partial charge is 0.122 e. The van der Waals surface area contributed by atoms with Gasteiger partial charge in [-0.05, 0) is 32.9 Å². The van der Waals surface area contributed by atoms with E-state index in [9.17, 15) is 0 Å². The molecule has 1 atom stereocenters. The van der Waals surface area contributed by atoms with Crippen LogP contribution in [-0.2, 0) is 13.1 Å². The highest BCUT2D eigenvalue weighted by atomic mass is 15.2. The molecule has 0 spiro atoms. The van der Waals surface area contributed by atoms with Gasteiger partial charge in [0, 0.05) is 31.5 Å². The van der Waals surface area contributed by atoms with Gasteiger partial charge in [0.1, 0.15) is 5.82 Å². The third-order valence-electron chi connectivity index (χ3n) is 3.44. The third kappa shape index (κ3) is 3.54. The SMILES string of the molecule is CCCn1ccnc1CNC1CCCN(C)C1. The van der Waals surface area contributed by atoms with Gasteiger partial charge in [0.05, 0.1) is 6.54 Å². The summed E-state index contributed by atoms with van der Waals surface area (Å²) in [6, 6.07) is 0.625. The highest BCUT2D eigenvalue weighted by Crippen LogP contribution is 2.09. The normalized spacial score (nSPS) is 21.9. The molecule has 4 heteroatoms. The van der Waals surface area contributed by atoms with Gasteiger partial charge in [-0.15, -0.1) is 0 Å². The molecule has 1 fully saturated rings. The first-order valence-corrected chi connectivity index (χ1v) is 6.71. The van der Waals surface area contributed by atoms with Crippen LogP contribution in [0.15, 0.2) is 12.4 Å². The minimum absolute atomic E-state index is 0.625. The Morgan fingerprint density at radius 1 is 1.53 bits per heavy atom. The second kappa shape index (κ2) is 6.17. The Kier molecular flexibility index (Phi) is 4.57. The van der Waals surface area contributed by atoms with Crippen molar-refractivity contribution >= 4 is 0 Å². The van der Waals surface area contributed by atoms with Gasteiger partial charge >= 0.3 is 0 Å². The molecule has 96 valence electrons. The van der Waals surface area contributed by atoms with E-state index in [1.54, 1.807) is 0 Å².